The van der Waals surface area contributed by atoms with Crippen LogP contribution in [0.3, 0.4) is 0 Å². The maximum absolute atomic E-state index is 11.8. The summed E-state index contributed by atoms with van der Waals surface area (Å²) in [6, 6.07) is 2.02. The second kappa shape index (κ2) is 4.68. The van der Waals surface area contributed by atoms with Gasteiger partial charge in [-0.1, -0.05) is 0 Å². The van der Waals surface area contributed by atoms with E-state index in [1.807, 2.05) is 11.0 Å². The lowest BCUT2D eigenvalue weighted by atomic mass is 9.97. The van der Waals surface area contributed by atoms with Crippen molar-refractivity contribution in [3.05, 3.63) is 16.9 Å². The van der Waals surface area contributed by atoms with Crippen LogP contribution in [-0.4, -0.2) is 41.1 Å². The Kier molecular flexibility index (Phi) is 3.35. The van der Waals surface area contributed by atoms with Crippen molar-refractivity contribution in [3.63, 3.8) is 0 Å². The number of rotatable bonds is 3. The average molecular weight is 263 g/mol. The number of likely N-dealkylation sites (tertiary alicyclic amines) is 1. The zero-order valence-electron chi connectivity index (χ0n) is 11.3. The Balaban J connectivity index is 1.97. The van der Waals surface area contributed by atoms with Crippen molar-refractivity contribution in [2.45, 2.75) is 26.4 Å². The third-order valence-corrected chi connectivity index (χ3v) is 3.25. The quantitative estimate of drug-likeness (QED) is 0.841. The minimum Gasteiger partial charge on any atom is -0.444 e. The topological polar surface area (TPSA) is 89.5 Å². The van der Waals surface area contributed by atoms with E-state index in [-0.39, 0.29) is 18.3 Å². The van der Waals surface area contributed by atoms with Crippen molar-refractivity contribution < 1.29 is 14.3 Å². The Morgan fingerprint density at radius 3 is 2.74 bits per heavy atom. The number of nitrogens with zero attached hydrogens (tertiary/aromatic N) is 2. The van der Waals surface area contributed by atoms with Gasteiger partial charge in [-0.3, -0.25) is 15.0 Å². The van der Waals surface area contributed by atoms with E-state index in [1.165, 1.54) is 0 Å². The zero-order valence-corrected chi connectivity index (χ0v) is 11.3. The van der Waals surface area contributed by atoms with E-state index in [1.54, 1.807) is 20.8 Å². The number of aliphatic hydroxyl groups is 1. The molecule has 0 aromatic carbocycles. The van der Waals surface area contributed by atoms with Gasteiger partial charge in [0.15, 0.2) is 0 Å². The van der Waals surface area contributed by atoms with Gasteiger partial charge in [0.05, 0.1) is 12.1 Å². The van der Waals surface area contributed by atoms with Gasteiger partial charge in [-0.05, 0) is 20.8 Å². The molecule has 0 saturated carbocycles. The molecular formula is C13H17N3O3. The average Bonchev–Trinajstić information content (AvgIpc) is 2.51. The number of hydrogen-bond acceptors (Lipinski definition) is 5. The van der Waals surface area contributed by atoms with Crippen LogP contribution >= 0.6 is 0 Å². The number of aryl methyl sites for hydroxylation is 1. The van der Waals surface area contributed by atoms with E-state index in [0.29, 0.717) is 24.4 Å². The van der Waals surface area contributed by atoms with Gasteiger partial charge in [-0.15, -0.1) is 0 Å². The van der Waals surface area contributed by atoms with Gasteiger partial charge < -0.3 is 9.52 Å². The highest BCUT2D eigenvalue weighted by atomic mass is 16.4. The van der Waals surface area contributed by atoms with Gasteiger partial charge >= 0.3 is 0 Å². The Hall–Kier alpha value is -1.84. The summed E-state index contributed by atoms with van der Waals surface area (Å²) in [5.41, 5.74) is 0.404. The predicted octanol–water partition coefficient (Wildman–Crippen LogP) is 0.773. The van der Waals surface area contributed by atoms with E-state index in [9.17, 15) is 9.90 Å². The minimum atomic E-state index is -0.698. The third-order valence-electron chi connectivity index (χ3n) is 3.25. The lowest BCUT2D eigenvalue weighted by molar-refractivity contribution is -0.125. The molecule has 0 aliphatic carbocycles. The Bertz CT molecular complexity index is 546. The maximum atomic E-state index is 11.8. The highest BCUT2D eigenvalue weighted by Crippen LogP contribution is 2.25. The number of carbonyl (C=O) groups is 1. The second-order valence-electron chi connectivity index (χ2n) is 5.29. The molecule has 19 heavy (non-hydrogen) atoms. The van der Waals surface area contributed by atoms with Crippen molar-refractivity contribution in [1.29, 1.82) is 5.26 Å². The van der Waals surface area contributed by atoms with Crippen molar-refractivity contribution in [1.82, 2.24) is 4.90 Å². The minimum absolute atomic E-state index is 0.180. The number of nitrogens with one attached hydrogen (secondary N) is 1. The van der Waals surface area contributed by atoms with Crippen LogP contribution in [0.2, 0.25) is 0 Å². The Morgan fingerprint density at radius 1 is 1.58 bits per heavy atom. The lowest BCUT2D eigenvalue weighted by Crippen LogP contribution is -2.61. The molecule has 1 aromatic heterocycles. The number of carbonyl (C=O) groups excluding carboxylic acids is 1. The number of β-amino-alcohol motifs (C(OH)–C–C–N with tert-alkyl or cyclic N) is 1. The van der Waals surface area contributed by atoms with Crippen molar-refractivity contribution in [2.75, 3.05) is 25.0 Å². The first-order valence-electron chi connectivity index (χ1n) is 6.07. The van der Waals surface area contributed by atoms with Crippen LogP contribution in [0.4, 0.5) is 5.88 Å². The predicted molar refractivity (Wildman–Crippen MR) is 68.6 cm³/mol. The Labute approximate surface area is 111 Å². The van der Waals surface area contributed by atoms with Gasteiger partial charge in [0.1, 0.15) is 17.4 Å². The van der Waals surface area contributed by atoms with E-state index < -0.39 is 5.60 Å². The molecule has 1 aliphatic rings. The number of amides is 1. The van der Waals surface area contributed by atoms with E-state index in [4.69, 9.17) is 9.68 Å². The van der Waals surface area contributed by atoms with E-state index >= 15 is 0 Å². The molecule has 102 valence electrons. The molecule has 2 N–H and O–H groups in total. The smallest absolute Gasteiger partial charge is 0.240 e. The summed E-state index contributed by atoms with van der Waals surface area (Å²) in [6.07, 6.45) is 0. The summed E-state index contributed by atoms with van der Waals surface area (Å²) >= 11 is 0. The second-order valence-corrected chi connectivity index (χ2v) is 5.29. The third kappa shape index (κ3) is 2.78. The van der Waals surface area contributed by atoms with Gasteiger partial charge in [0.25, 0.3) is 0 Å². The van der Waals surface area contributed by atoms with Gasteiger partial charge in [-0.2, -0.15) is 5.26 Å². The van der Waals surface area contributed by atoms with Crippen LogP contribution in [-0.2, 0) is 4.79 Å². The van der Waals surface area contributed by atoms with Crippen molar-refractivity contribution in [2.24, 2.45) is 0 Å². The Morgan fingerprint density at radius 2 is 2.21 bits per heavy atom. The number of furan rings is 1. The van der Waals surface area contributed by atoms with Crippen LogP contribution in [0.15, 0.2) is 4.42 Å². The summed E-state index contributed by atoms with van der Waals surface area (Å²) in [5.74, 6) is 0.578. The molecule has 1 amide bonds. The molecule has 0 bridgehead atoms. The van der Waals surface area contributed by atoms with Crippen LogP contribution < -0.4 is 5.32 Å². The molecule has 0 spiro atoms. The lowest BCUT2D eigenvalue weighted by Gasteiger charge is -2.43. The number of nitriles is 1. The molecule has 2 heterocycles. The number of hydrogen-bond donors (Lipinski definition) is 2. The maximum Gasteiger partial charge on any atom is 0.240 e. The van der Waals surface area contributed by atoms with Gasteiger partial charge in [0.2, 0.25) is 11.8 Å². The molecule has 6 nitrogen and oxygen atoms in total. The number of anilines is 1. The van der Waals surface area contributed by atoms with E-state index in [0.717, 1.165) is 5.56 Å². The summed E-state index contributed by atoms with van der Waals surface area (Å²) in [6.45, 7) is 6.38. The first kappa shape index (κ1) is 13.6. The van der Waals surface area contributed by atoms with Crippen LogP contribution in [0.5, 0.6) is 0 Å². The molecule has 6 heteroatoms. The first-order valence-corrected chi connectivity index (χ1v) is 6.07. The monoisotopic (exact) mass is 263 g/mol. The highest BCUT2D eigenvalue weighted by Gasteiger charge is 2.37. The largest absolute Gasteiger partial charge is 0.444 e. The van der Waals surface area contributed by atoms with Crippen molar-refractivity contribution in [3.8, 4) is 6.07 Å². The fourth-order valence-corrected chi connectivity index (χ4v) is 2.25. The standard InChI is InChI=1S/C13H17N3O3/c1-8-9(2)19-12(10(8)4-14)15-11(17)5-16-6-13(3,18)7-16/h18H,5-7H2,1-3H3,(H,15,17). The molecule has 1 aliphatic heterocycles. The summed E-state index contributed by atoms with van der Waals surface area (Å²) in [5, 5.41) is 21.2. The van der Waals surface area contributed by atoms with E-state index in [2.05, 4.69) is 5.32 Å². The van der Waals surface area contributed by atoms with Crippen LogP contribution in [0, 0.1) is 25.2 Å². The summed E-state index contributed by atoms with van der Waals surface area (Å²) in [4.78, 5) is 13.6. The molecule has 1 saturated heterocycles. The molecule has 1 fully saturated rings. The fourth-order valence-electron chi connectivity index (χ4n) is 2.25. The molecule has 1 aromatic rings. The molecule has 0 radical (unpaired) electrons. The van der Waals surface area contributed by atoms with Crippen molar-refractivity contribution >= 4 is 11.8 Å². The normalized spacial score (nSPS) is 17.6. The van der Waals surface area contributed by atoms with Gasteiger partial charge in [0, 0.05) is 18.7 Å². The first-order chi connectivity index (χ1) is 8.82. The summed E-state index contributed by atoms with van der Waals surface area (Å²) < 4.78 is 5.36. The zero-order chi connectivity index (χ0) is 14.2. The molecule has 0 atom stereocenters. The van der Waals surface area contributed by atoms with Crippen LogP contribution in [0.25, 0.3) is 0 Å². The summed E-state index contributed by atoms with van der Waals surface area (Å²) in [7, 11) is 0. The fraction of sp³-hybridized carbons (Fsp3) is 0.538. The highest BCUT2D eigenvalue weighted by molar-refractivity contribution is 5.92. The van der Waals surface area contributed by atoms with Gasteiger partial charge in [-0.25, -0.2) is 0 Å². The molecule has 0 unspecified atom stereocenters. The molecular weight excluding hydrogens is 246 g/mol. The molecule has 2 rings (SSSR count). The van der Waals surface area contributed by atoms with Crippen LogP contribution in [0.1, 0.15) is 23.8 Å². The SMILES string of the molecule is Cc1oc(NC(=O)CN2CC(C)(O)C2)c(C#N)c1C.